The molecule has 0 atom stereocenters. The summed E-state index contributed by atoms with van der Waals surface area (Å²) in [5, 5.41) is 7.09. The molecular weight excluding hydrogens is 238 g/mol. The molecule has 0 fully saturated rings. The molecule has 0 aliphatic carbocycles. The van der Waals surface area contributed by atoms with Crippen LogP contribution in [0.1, 0.15) is 41.4 Å². The van der Waals surface area contributed by atoms with Crippen LogP contribution >= 0.6 is 0 Å². The van der Waals surface area contributed by atoms with Crippen LogP contribution in [0.4, 0.5) is 5.69 Å². The number of rotatable bonds is 3. The highest BCUT2D eigenvalue weighted by Gasteiger charge is 2.14. The maximum Gasteiger partial charge on any atom is 0.276 e. The van der Waals surface area contributed by atoms with Crippen molar-refractivity contribution in [3.8, 4) is 0 Å². The monoisotopic (exact) mass is 257 g/mol. The molecule has 1 heterocycles. The van der Waals surface area contributed by atoms with Crippen LogP contribution in [0.15, 0.2) is 30.5 Å². The van der Waals surface area contributed by atoms with Gasteiger partial charge in [-0.3, -0.25) is 9.48 Å². The number of amides is 1. The summed E-state index contributed by atoms with van der Waals surface area (Å²) in [5.41, 5.74) is 3.54. The minimum Gasteiger partial charge on any atom is -0.320 e. The van der Waals surface area contributed by atoms with Crippen molar-refractivity contribution in [3.05, 3.63) is 47.3 Å². The molecule has 1 N–H and O–H groups in total. The molecule has 19 heavy (non-hydrogen) atoms. The quantitative estimate of drug-likeness (QED) is 0.918. The normalized spacial score (nSPS) is 10.8. The number of benzene rings is 1. The number of carbonyl (C=O) groups excluding carboxylic acids is 1. The van der Waals surface area contributed by atoms with Gasteiger partial charge in [0.1, 0.15) is 0 Å². The standard InChI is InChI=1S/C15H19N3O/c1-10(2)12-7-5-6-11(3)14(12)16-15(19)13-8-9-18(4)17-13/h5-10H,1-4H3,(H,16,19). The first-order valence-electron chi connectivity index (χ1n) is 6.39. The van der Waals surface area contributed by atoms with Crippen LogP contribution in [0.2, 0.25) is 0 Å². The molecule has 0 radical (unpaired) electrons. The third kappa shape index (κ3) is 2.84. The molecule has 100 valence electrons. The molecule has 4 nitrogen and oxygen atoms in total. The van der Waals surface area contributed by atoms with Crippen molar-refractivity contribution in [1.29, 1.82) is 0 Å². The van der Waals surface area contributed by atoms with Gasteiger partial charge in [0, 0.05) is 18.9 Å². The summed E-state index contributed by atoms with van der Waals surface area (Å²) in [4.78, 5) is 12.2. The highest BCUT2D eigenvalue weighted by atomic mass is 16.1. The van der Waals surface area contributed by atoms with Gasteiger partial charge in [-0.25, -0.2) is 0 Å². The summed E-state index contributed by atoms with van der Waals surface area (Å²) in [6.45, 7) is 6.23. The van der Waals surface area contributed by atoms with Crippen LogP contribution in [-0.4, -0.2) is 15.7 Å². The average Bonchev–Trinajstić information content (AvgIpc) is 2.78. The number of nitrogens with zero attached hydrogens (tertiary/aromatic N) is 2. The predicted octanol–water partition coefficient (Wildman–Crippen LogP) is 3.10. The lowest BCUT2D eigenvalue weighted by Gasteiger charge is -2.15. The smallest absolute Gasteiger partial charge is 0.276 e. The molecule has 1 amide bonds. The lowest BCUT2D eigenvalue weighted by atomic mass is 9.98. The van der Waals surface area contributed by atoms with Crippen molar-refractivity contribution < 1.29 is 4.79 Å². The van der Waals surface area contributed by atoms with E-state index in [0.29, 0.717) is 11.6 Å². The van der Waals surface area contributed by atoms with Crippen molar-refractivity contribution in [3.63, 3.8) is 0 Å². The van der Waals surface area contributed by atoms with Gasteiger partial charge >= 0.3 is 0 Å². The van der Waals surface area contributed by atoms with E-state index in [-0.39, 0.29) is 5.91 Å². The van der Waals surface area contributed by atoms with Crippen molar-refractivity contribution in [1.82, 2.24) is 9.78 Å². The van der Waals surface area contributed by atoms with Gasteiger partial charge in [0.15, 0.2) is 5.69 Å². The zero-order valence-corrected chi connectivity index (χ0v) is 11.8. The maximum atomic E-state index is 12.2. The molecule has 0 bridgehead atoms. The average molecular weight is 257 g/mol. The fourth-order valence-electron chi connectivity index (χ4n) is 2.06. The van der Waals surface area contributed by atoms with Gasteiger partial charge in [-0.1, -0.05) is 32.0 Å². The largest absolute Gasteiger partial charge is 0.320 e. The molecule has 1 aromatic heterocycles. The first kappa shape index (κ1) is 13.3. The van der Waals surface area contributed by atoms with E-state index in [1.54, 1.807) is 24.0 Å². The van der Waals surface area contributed by atoms with E-state index in [9.17, 15) is 4.79 Å². The summed E-state index contributed by atoms with van der Waals surface area (Å²) in [6.07, 6.45) is 1.76. The molecule has 4 heteroatoms. The Bertz CT molecular complexity index is 599. The van der Waals surface area contributed by atoms with Crippen LogP contribution in [0, 0.1) is 6.92 Å². The number of carbonyl (C=O) groups is 1. The molecule has 0 saturated heterocycles. The summed E-state index contributed by atoms with van der Waals surface area (Å²) in [5.74, 6) is 0.190. The summed E-state index contributed by atoms with van der Waals surface area (Å²) < 4.78 is 1.62. The SMILES string of the molecule is Cc1cccc(C(C)C)c1NC(=O)c1ccn(C)n1. The van der Waals surface area contributed by atoms with E-state index in [4.69, 9.17) is 0 Å². The minimum absolute atomic E-state index is 0.170. The number of anilines is 1. The third-order valence-electron chi connectivity index (χ3n) is 3.11. The Morgan fingerprint density at radius 1 is 1.32 bits per heavy atom. The van der Waals surface area contributed by atoms with Crippen molar-refractivity contribution >= 4 is 11.6 Å². The van der Waals surface area contributed by atoms with Crippen LogP contribution in [0.5, 0.6) is 0 Å². The number of nitrogens with one attached hydrogen (secondary N) is 1. The van der Waals surface area contributed by atoms with E-state index in [1.165, 1.54) is 0 Å². The summed E-state index contributed by atoms with van der Waals surface area (Å²) in [7, 11) is 1.80. The predicted molar refractivity (Wildman–Crippen MR) is 76.4 cm³/mol. The van der Waals surface area contributed by atoms with E-state index >= 15 is 0 Å². The van der Waals surface area contributed by atoms with E-state index < -0.39 is 0 Å². The van der Waals surface area contributed by atoms with Crippen LogP contribution < -0.4 is 5.32 Å². The van der Waals surface area contributed by atoms with E-state index in [1.807, 2.05) is 25.1 Å². The van der Waals surface area contributed by atoms with E-state index in [2.05, 4.69) is 24.3 Å². The third-order valence-corrected chi connectivity index (χ3v) is 3.11. The van der Waals surface area contributed by atoms with Crippen molar-refractivity contribution in [2.45, 2.75) is 26.7 Å². The van der Waals surface area contributed by atoms with Gasteiger partial charge in [0.05, 0.1) is 0 Å². The maximum absolute atomic E-state index is 12.2. The first-order valence-corrected chi connectivity index (χ1v) is 6.39. The zero-order chi connectivity index (χ0) is 14.0. The van der Waals surface area contributed by atoms with Gasteiger partial charge in [0.25, 0.3) is 5.91 Å². The van der Waals surface area contributed by atoms with Crippen LogP contribution in [0.25, 0.3) is 0 Å². The van der Waals surface area contributed by atoms with Crippen molar-refractivity contribution in [2.75, 3.05) is 5.32 Å². The minimum atomic E-state index is -0.170. The van der Waals surface area contributed by atoms with Gasteiger partial charge in [-0.15, -0.1) is 0 Å². The second-order valence-electron chi connectivity index (χ2n) is 5.02. The fourth-order valence-corrected chi connectivity index (χ4v) is 2.06. The van der Waals surface area contributed by atoms with Crippen LogP contribution in [0.3, 0.4) is 0 Å². The number of hydrogen-bond donors (Lipinski definition) is 1. The lowest BCUT2D eigenvalue weighted by molar-refractivity contribution is 0.102. The molecule has 2 rings (SSSR count). The second-order valence-corrected chi connectivity index (χ2v) is 5.02. The molecule has 0 aliphatic rings. The Labute approximate surface area is 113 Å². The fraction of sp³-hybridized carbons (Fsp3) is 0.333. The van der Waals surface area contributed by atoms with E-state index in [0.717, 1.165) is 16.8 Å². The molecular formula is C15H19N3O. The Hall–Kier alpha value is -2.10. The lowest BCUT2D eigenvalue weighted by Crippen LogP contribution is -2.15. The number of aromatic nitrogens is 2. The highest BCUT2D eigenvalue weighted by Crippen LogP contribution is 2.27. The molecule has 0 saturated carbocycles. The zero-order valence-electron chi connectivity index (χ0n) is 11.8. The molecule has 1 aromatic carbocycles. The Morgan fingerprint density at radius 2 is 2.05 bits per heavy atom. The highest BCUT2D eigenvalue weighted by molar-refractivity contribution is 6.03. The molecule has 0 spiro atoms. The Kier molecular flexibility index (Phi) is 3.69. The Morgan fingerprint density at radius 3 is 2.63 bits per heavy atom. The summed E-state index contributed by atoms with van der Waals surface area (Å²) >= 11 is 0. The molecule has 0 unspecified atom stereocenters. The van der Waals surface area contributed by atoms with Gasteiger partial charge in [-0.05, 0) is 30.0 Å². The Balaban J connectivity index is 2.31. The first-order chi connectivity index (χ1) is 8.99. The molecule has 0 aliphatic heterocycles. The van der Waals surface area contributed by atoms with Crippen LogP contribution in [-0.2, 0) is 7.05 Å². The number of para-hydroxylation sites is 1. The second kappa shape index (κ2) is 5.26. The number of hydrogen-bond acceptors (Lipinski definition) is 2. The summed E-state index contributed by atoms with van der Waals surface area (Å²) in [6, 6.07) is 7.77. The number of aryl methyl sites for hydroxylation is 2. The topological polar surface area (TPSA) is 46.9 Å². The van der Waals surface area contributed by atoms with Crippen molar-refractivity contribution in [2.24, 2.45) is 7.05 Å². The molecule has 2 aromatic rings. The van der Waals surface area contributed by atoms with Gasteiger partial charge in [-0.2, -0.15) is 5.10 Å². The van der Waals surface area contributed by atoms with Gasteiger partial charge in [0.2, 0.25) is 0 Å². The van der Waals surface area contributed by atoms with Gasteiger partial charge < -0.3 is 5.32 Å².